The average molecular weight is 167 g/mol. The minimum absolute atomic E-state index is 0.0816. The van der Waals surface area contributed by atoms with Crippen LogP contribution in [0.3, 0.4) is 0 Å². The van der Waals surface area contributed by atoms with E-state index in [1.54, 1.807) is 0 Å². The Balaban J connectivity index is 2.45. The summed E-state index contributed by atoms with van der Waals surface area (Å²) in [6, 6.07) is 0. The lowest BCUT2D eigenvalue weighted by molar-refractivity contribution is -0.125. The van der Waals surface area contributed by atoms with Gasteiger partial charge >= 0.3 is 0 Å². The molecule has 2 heteroatoms. The molecule has 0 aromatic heterocycles. The van der Waals surface area contributed by atoms with Gasteiger partial charge in [-0.15, -0.1) is 0 Å². The predicted molar refractivity (Wildman–Crippen MR) is 49.7 cm³/mol. The van der Waals surface area contributed by atoms with Gasteiger partial charge in [-0.05, 0) is 24.3 Å². The van der Waals surface area contributed by atoms with Gasteiger partial charge in [0.1, 0.15) is 0 Å². The maximum Gasteiger partial charge on any atom is 0.245 e. The Kier molecular flexibility index (Phi) is 2.90. The molecule has 1 aliphatic heterocycles. The van der Waals surface area contributed by atoms with Gasteiger partial charge in [0, 0.05) is 13.1 Å². The van der Waals surface area contributed by atoms with E-state index in [4.69, 9.17) is 0 Å². The molecule has 1 saturated heterocycles. The maximum absolute atomic E-state index is 11.2. The van der Waals surface area contributed by atoms with Gasteiger partial charge in [0.15, 0.2) is 0 Å². The van der Waals surface area contributed by atoms with E-state index < -0.39 is 0 Å². The summed E-state index contributed by atoms with van der Waals surface area (Å²) in [5, 5.41) is 0. The van der Waals surface area contributed by atoms with Crippen molar-refractivity contribution in [3.63, 3.8) is 0 Å². The van der Waals surface area contributed by atoms with Gasteiger partial charge in [0.2, 0.25) is 5.91 Å². The number of amides is 1. The van der Waals surface area contributed by atoms with E-state index in [0.29, 0.717) is 11.8 Å². The van der Waals surface area contributed by atoms with E-state index >= 15 is 0 Å². The zero-order valence-electron chi connectivity index (χ0n) is 7.92. The standard InChI is InChI=1S/C10H17NO/c1-4-10(12)11-6-5-9(7-11)8(2)3/h4,8-9H,1,5-7H2,2-3H3/t9-/m1/s1. The molecular weight excluding hydrogens is 150 g/mol. The molecule has 0 aliphatic carbocycles. The fraction of sp³-hybridized carbons (Fsp3) is 0.700. The molecule has 0 N–H and O–H groups in total. The van der Waals surface area contributed by atoms with Crippen molar-refractivity contribution in [1.29, 1.82) is 0 Å². The zero-order valence-corrected chi connectivity index (χ0v) is 7.92. The van der Waals surface area contributed by atoms with E-state index in [1.165, 1.54) is 6.08 Å². The van der Waals surface area contributed by atoms with Crippen molar-refractivity contribution in [3.05, 3.63) is 12.7 Å². The summed E-state index contributed by atoms with van der Waals surface area (Å²) < 4.78 is 0. The molecule has 2 nitrogen and oxygen atoms in total. The summed E-state index contributed by atoms with van der Waals surface area (Å²) >= 11 is 0. The molecule has 0 saturated carbocycles. The van der Waals surface area contributed by atoms with Gasteiger partial charge in [-0.3, -0.25) is 4.79 Å². The molecule has 0 radical (unpaired) electrons. The second kappa shape index (κ2) is 3.74. The Morgan fingerprint density at radius 3 is 2.75 bits per heavy atom. The van der Waals surface area contributed by atoms with Gasteiger partial charge in [-0.2, -0.15) is 0 Å². The molecule has 0 aromatic carbocycles. The van der Waals surface area contributed by atoms with Crippen molar-refractivity contribution in [2.45, 2.75) is 20.3 Å². The van der Waals surface area contributed by atoms with Crippen LogP contribution in [0.1, 0.15) is 20.3 Å². The van der Waals surface area contributed by atoms with Crippen molar-refractivity contribution >= 4 is 5.91 Å². The fourth-order valence-electron chi connectivity index (χ4n) is 1.66. The summed E-state index contributed by atoms with van der Waals surface area (Å²) in [7, 11) is 0. The van der Waals surface area contributed by atoms with E-state index in [0.717, 1.165) is 19.5 Å². The summed E-state index contributed by atoms with van der Waals surface area (Å²) in [6.45, 7) is 9.74. The number of hydrogen-bond acceptors (Lipinski definition) is 1. The maximum atomic E-state index is 11.2. The third-order valence-corrected chi connectivity index (χ3v) is 2.65. The Morgan fingerprint density at radius 2 is 2.33 bits per heavy atom. The highest BCUT2D eigenvalue weighted by Crippen LogP contribution is 2.23. The van der Waals surface area contributed by atoms with Gasteiger partial charge < -0.3 is 4.90 Å². The molecule has 68 valence electrons. The zero-order chi connectivity index (χ0) is 9.14. The normalized spacial score (nSPS) is 23.2. The first-order valence-corrected chi connectivity index (χ1v) is 4.56. The molecule has 12 heavy (non-hydrogen) atoms. The molecule has 1 rings (SSSR count). The smallest absolute Gasteiger partial charge is 0.245 e. The van der Waals surface area contributed by atoms with Gasteiger partial charge in [0.05, 0.1) is 0 Å². The molecule has 0 unspecified atom stereocenters. The molecule has 1 amide bonds. The van der Waals surface area contributed by atoms with Crippen LogP contribution in [-0.2, 0) is 4.79 Å². The average Bonchev–Trinajstić information content (AvgIpc) is 2.51. The minimum atomic E-state index is 0.0816. The topological polar surface area (TPSA) is 20.3 Å². The lowest BCUT2D eigenvalue weighted by atomic mass is 9.95. The van der Waals surface area contributed by atoms with Crippen LogP contribution in [0.5, 0.6) is 0 Å². The lowest BCUT2D eigenvalue weighted by Gasteiger charge is -2.16. The highest BCUT2D eigenvalue weighted by Gasteiger charge is 2.26. The van der Waals surface area contributed by atoms with Gasteiger partial charge in [0.25, 0.3) is 0 Å². The van der Waals surface area contributed by atoms with Crippen LogP contribution >= 0.6 is 0 Å². The van der Waals surface area contributed by atoms with E-state index in [1.807, 2.05) is 4.90 Å². The number of carbonyl (C=O) groups excluding carboxylic acids is 1. The van der Waals surface area contributed by atoms with Crippen molar-refractivity contribution in [3.8, 4) is 0 Å². The lowest BCUT2D eigenvalue weighted by Crippen LogP contribution is -2.27. The number of nitrogens with zero attached hydrogens (tertiary/aromatic N) is 1. The minimum Gasteiger partial charge on any atom is -0.339 e. The second-order valence-electron chi connectivity index (χ2n) is 3.78. The summed E-state index contributed by atoms with van der Waals surface area (Å²) in [5.74, 6) is 1.46. The Bertz CT molecular complexity index is 186. The van der Waals surface area contributed by atoms with E-state index in [-0.39, 0.29) is 5.91 Å². The molecule has 1 atom stereocenters. The number of carbonyl (C=O) groups is 1. The molecule has 1 heterocycles. The van der Waals surface area contributed by atoms with Crippen molar-refractivity contribution in [1.82, 2.24) is 4.90 Å². The third-order valence-electron chi connectivity index (χ3n) is 2.65. The molecule has 1 fully saturated rings. The Morgan fingerprint density at radius 1 is 1.67 bits per heavy atom. The molecule has 0 bridgehead atoms. The van der Waals surface area contributed by atoms with Crippen LogP contribution < -0.4 is 0 Å². The second-order valence-corrected chi connectivity index (χ2v) is 3.78. The van der Waals surface area contributed by atoms with Crippen LogP contribution in [0.4, 0.5) is 0 Å². The number of rotatable bonds is 2. The Labute approximate surface area is 74.2 Å². The number of likely N-dealkylation sites (tertiary alicyclic amines) is 1. The van der Waals surface area contributed by atoms with Crippen molar-refractivity contribution in [2.75, 3.05) is 13.1 Å². The third kappa shape index (κ3) is 1.87. The SMILES string of the molecule is C=CC(=O)N1CC[C@@H](C(C)C)C1. The monoisotopic (exact) mass is 167 g/mol. The molecule has 0 spiro atoms. The van der Waals surface area contributed by atoms with Crippen LogP contribution in [-0.4, -0.2) is 23.9 Å². The van der Waals surface area contributed by atoms with E-state index in [2.05, 4.69) is 20.4 Å². The van der Waals surface area contributed by atoms with Crippen LogP contribution in [0.2, 0.25) is 0 Å². The first kappa shape index (κ1) is 9.30. The van der Waals surface area contributed by atoms with Crippen molar-refractivity contribution in [2.24, 2.45) is 11.8 Å². The summed E-state index contributed by atoms with van der Waals surface area (Å²) in [5.41, 5.74) is 0. The quantitative estimate of drug-likeness (QED) is 0.573. The van der Waals surface area contributed by atoms with Gasteiger partial charge in [-0.1, -0.05) is 20.4 Å². The Hall–Kier alpha value is -0.790. The van der Waals surface area contributed by atoms with E-state index in [9.17, 15) is 4.79 Å². The predicted octanol–water partition coefficient (Wildman–Crippen LogP) is 1.68. The molecular formula is C10H17NO. The highest BCUT2D eigenvalue weighted by atomic mass is 16.2. The van der Waals surface area contributed by atoms with Crippen LogP contribution in [0, 0.1) is 11.8 Å². The summed E-state index contributed by atoms with van der Waals surface area (Å²) in [4.78, 5) is 13.1. The van der Waals surface area contributed by atoms with Gasteiger partial charge in [-0.25, -0.2) is 0 Å². The van der Waals surface area contributed by atoms with Crippen LogP contribution in [0.25, 0.3) is 0 Å². The first-order chi connectivity index (χ1) is 5.65. The molecule has 1 aliphatic rings. The van der Waals surface area contributed by atoms with Crippen LogP contribution in [0.15, 0.2) is 12.7 Å². The number of hydrogen-bond donors (Lipinski definition) is 0. The largest absolute Gasteiger partial charge is 0.339 e. The molecule has 0 aromatic rings. The van der Waals surface area contributed by atoms with Crippen molar-refractivity contribution < 1.29 is 4.79 Å². The fourth-order valence-corrected chi connectivity index (χ4v) is 1.66. The summed E-state index contributed by atoms with van der Waals surface area (Å²) in [6.07, 6.45) is 2.56. The highest BCUT2D eigenvalue weighted by molar-refractivity contribution is 5.87. The first-order valence-electron chi connectivity index (χ1n) is 4.56.